The van der Waals surface area contributed by atoms with E-state index in [-0.39, 0.29) is 22.2 Å². The van der Waals surface area contributed by atoms with E-state index in [0.29, 0.717) is 6.07 Å². The Hall–Kier alpha value is -2.29. The molecule has 1 heterocycles. The maximum absolute atomic E-state index is 13.6. The molecule has 0 saturated heterocycles. The van der Waals surface area contributed by atoms with Crippen molar-refractivity contribution < 1.29 is 13.2 Å². The summed E-state index contributed by atoms with van der Waals surface area (Å²) in [4.78, 5) is 3.62. The standard InChI is InChI=1S/C11H6F3N3/c1-16-10-5(3-15)4-17-11-7(13)2-6(12)9(14)8(10)11/h2,4H,1H3,(H,16,17). The van der Waals surface area contributed by atoms with E-state index >= 15 is 0 Å². The van der Waals surface area contributed by atoms with Crippen molar-refractivity contribution in [1.29, 1.82) is 5.26 Å². The lowest BCUT2D eigenvalue weighted by molar-refractivity contribution is 0.505. The molecular formula is C11H6F3N3. The quantitative estimate of drug-likeness (QED) is 0.775. The van der Waals surface area contributed by atoms with Gasteiger partial charge in [-0.25, -0.2) is 13.2 Å². The normalized spacial score (nSPS) is 10.3. The number of halogens is 3. The number of pyridine rings is 1. The van der Waals surface area contributed by atoms with Gasteiger partial charge in [0.1, 0.15) is 11.6 Å². The molecule has 0 aliphatic carbocycles. The van der Waals surface area contributed by atoms with Crippen molar-refractivity contribution in [2.75, 3.05) is 12.4 Å². The van der Waals surface area contributed by atoms with Crippen molar-refractivity contribution in [3.63, 3.8) is 0 Å². The number of fused-ring (bicyclic) bond motifs is 1. The molecular weight excluding hydrogens is 231 g/mol. The maximum Gasteiger partial charge on any atom is 0.170 e. The Morgan fingerprint density at radius 3 is 2.59 bits per heavy atom. The van der Waals surface area contributed by atoms with Gasteiger partial charge in [0.2, 0.25) is 0 Å². The zero-order valence-electron chi connectivity index (χ0n) is 8.68. The third-order valence-electron chi connectivity index (χ3n) is 2.36. The molecule has 0 spiro atoms. The molecule has 0 aliphatic heterocycles. The third-order valence-corrected chi connectivity index (χ3v) is 2.36. The van der Waals surface area contributed by atoms with Gasteiger partial charge in [-0.2, -0.15) is 5.26 Å². The number of hydrogen-bond donors (Lipinski definition) is 1. The molecule has 1 N–H and O–H groups in total. The highest BCUT2D eigenvalue weighted by molar-refractivity contribution is 5.94. The van der Waals surface area contributed by atoms with Gasteiger partial charge in [0.15, 0.2) is 17.5 Å². The van der Waals surface area contributed by atoms with Gasteiger partial charge in [-0.05, 0) is 0 Å². The molecule has 6 heteroatoms. The highest BCUT2D eigenvalue weighted by atomic mass is 19.2. The lowest BCUT2D eigenvalue weighted by Crippen LogP contribution is -2.01. The van der Waals surface area contributed by atoms with Crippen LogP contribution >= 0.6 is 0 Å². The Bertz CT molecular complexity index is 647. The fourth-order valence-corrected chi connectivity index (χ4v) is 1.61. The summed E-state index contributed by atoms with van der Waals surface area (Å²) in [6.07, 6.45) is 1.11. The number of aromatic nitrogens is 1. The summed E-state index contributed by atoms with van der Waals surface area (Å²) in [5.74, 6) is -3.52. The molecule has 86 valence electrons. The van der Waals surface area contributed by atoms with E-state index in [4.69, 9.17) is 5.26 Å². The van der Waals surface area contributed by atoms with Crippen LogP contribution < -0.4 is 5.32 Å². The number of nitrogens with one attached hydrogen (secondary N) is 1. The molecule has 0 amide bonds. The number of hydrogen-bond acceptors (Lipinski definition) is 3. The minimum Gasteiger partial charge on any atom is -0.386 e. The van der Waals surface area contributed by atoms with Crippen LogP contribution in [0.5, 0.6) is 0 Å². The van der Waals surface area contributed by atoms with Crippen molar-refractivity contribution in [3.05, 3.63) is 35.3 Å². The average molecular weight is 237 g/mol. The molecule has 0 radical (unpaired) electrons. The van der Waals surface area contributed by atoms with Gasteiger partial charge in [-0.1, -0.05) is 0 Å². The lowest BCUT2D eigenvalue weighted by atomic mass is 10.1. The summed E-state index contributed by atoms with van der Waals surface area (Å²) in [6, 6.07) is 2.19. The van der Waals surface area contributed by atoms with Gasteiger partial charge in [0, 0.05) is 19.3 Å². The summed E-state index contributed by atoms with van der Waals surface area (Å²) in [5.41, 5.74) is -0.274. The summed E-state index contributed by atoms with van der Waals surface area (Å²) in [5, 5.41) is 11.0. The number of nitrogens with zero attached hydrogens (tertiary/aromatic N) is 2. The van der Waals surface area contributed by atoms with Crippen LogP contribution in [0.1, 0.15) is 5.56 Å². The largest absolute Gasteiger partial charge is 0.386 e. The first-order chi connectivity index (χ1) is 8.10. The molecule has 0 unspecified atom stereocenters. The SMILES string of the molecule is CNc1c(C#N)cnc2c(F)cc(F)c(F)c12. The second-order valence-electron chi connectivity index (χ2n) is 3.29. The van der Waals surface area contributed by atoms with Crippen LogP contribution in [0.3, 0.4) is 0 Å². The lowest BCUT2D eigenvalue weighted by Gasteiger charge is -2.09. The second kappa shape index (κ2) is 3.94. The van der Waals surface area contributed by atoms with Crippen molar-refractivity contribution >= 4 is 16.6 Å². The predicted octanol–water partition coefficient (Wildman–Crippen LogP) is 2.57. The minimum absolute atomic E-state index is 0.0175. The fraction of sp³-hybridized carbons (Fsp3) is 0.0909. The highest BCUT2D eigenvalue weighted by Gasteiger charge is 2.18. The van der Waals surface area contributed by atoms with E-state index in [2.05, 4.69) is 10.3 Å². The maximum atomic E-state index is 13.6. The monoisotopic (exact) mass is 237 g/mol. The van der Waals surface area contributed by atoms with Crippen molar-refractivity contribution in [1.82, 2.24) is 4.98 Å². The minimum atomic E-state index is -1.32. The van der Waals surface area contributed by atoms with E-state index in [0.717, 1.165) is 6.20 Å². The van der Waals surface area contributed by atoms with Crippen LogP contribution in [0.4, 0.5) is 18.9 Å². The Kier molecular flexibility index (Phi) is 2.60. The molecule has 17 heavy (non-hydrogen) atoms. The molecule has 0 fully saturated rings. The Morgan fingerprint density at radius 2 is 2.00 bits per heavy atom. The summed E-state index contributed by atoms with van der Waals surface area (Å²) >= 11 is 0. The van der Waals surface area contributed by atoms with Gasteiger partial charge in [-0.15, -0.1) is 0 Å². The van der Waals surface area contributed by atoms with Gasteiger partial charge < -0.3 is 5.32 Å². The van der Waals surface area contributed by atoms with E-state index in [1.54, 1.807) is 6.07 Å². The van der Waals surface area contributed by atoms with Gasteiger partial charge in [0.05, 0.1) is 16.6 Å². The number of rotatable bonds is 1. The molecule has 2 aromatic rings. The van der Waals surface area contributed by atoms with E-state index in [9.17, 15) is 13.2 Å². The molecule has 0 saturated carbocycles. The van der Waals surface area contributed by atoms with Gasteiger partial charge in [0.25, 0.3) is 0 Å². The molecule has 2 rings (SSSR count). The Balaban J connectivity index is 3.03. The van der Waals surface area contributed by atoms with Crippen LogP contribution in [0, 0.1) is 28.8 Å². The average Bonchev–Trinajstić information content (AvgIpc) is 2.34. The van der Waals surface area contributed by atoms with Crippen LogP contribution in [-0.2, 0) is 0 Å². The van der Waals surface area contributed by atoms with Crippen LogP contribution in [0.15, 0.2) is 12.3 Å². The second-order valence-corrected chi connectivity index (χ2v) is 3.29. The first-order valence-electron chi connectivity index (χ1n) is 4.64. The topological polar surface area (TPSA) is 48.7 Å². The summed E-state index contributed by atoms with van der Waals surface area (Å²) in [6.45, 7) is 0. The van der Waals surface area contributed by atoms with Crippen LogP contribution in [0.25, 0.3) is 10.9 Å². The smallest absolute Gasteiger partial charge is 0.170 e. The van der Waals surface area contributed by atoms with Crippen LogP contribution in [-0.4, -0.2) is 12.0 Å². The summed E-state index contributed by atoms with van der Waals surface area (Å²) < 4.78 is 40.1. The molecule has 1 aromatic carbocycles. The predicted molar refractivity (Wildman–Crippen MR) is 55.9 cm³/mol. The van der Waals surface area contributed by atoms with E-state index in [1.807, 2.05) is 0 Å². The van der Waals surface area contributed by atoms with E-state index < -0.39 is 17.5 Å². The number of benzene rings is 1. The van der Waals surface area contributed by atoms with Crippen molar-refractivity contribution in [2.45, 2.75) is 0 Å². The first-order valence-corrected chi connectivity index (χ1v) is 4.64. The fourth-order valence-electron chi connectivity index (χ4n) is 1.61. The first kappa shape index (κ1) is 11.2. The third kappa shape index (κ3) is 1.56. The highest BCUT2D eigenvalue weighted by Crippen LogP contribution is 2.30. The molecule has 0 bridgehead atoms. The Morgan fingerprint density at radius 1 is 1.29 bits per heavy atom. The van der Waals surface area contributed by atoms with Crippen LogP contribution in [0.2, 0.25) is 0 Å². The van der Waals surface area contributed by atoms with Crippen molar-refractivity contribution in [3.8, 4) is 6.07 Å². The van der Waals surface area contributed by atoms with Gasteiger partial charge >= 0.3 is 0 Å². The zero-order chi connectivity index (χ0) is 12.6. The number of nitriles is 1. The van der Waals surface area contributed by atoms with E-state index in [1.165, 1.54) is 7.05 Å². The molecule has 1 aromatic heterocycles. The van der Waals surface area contributed by atoms with Gasteiger partial charge in [-0.3, -0.25) is 4.98 Å². The van der Waals surface area contributed by atoms with Crippen molar-refractivity contribution in [2.24, 2.45) is 0 Å². The zero-order valence-corrected chi connectivity index (χ0v) is 8.68. The Labute approximate surface area is 94.5 Å². The number of anilines is 1. The molecule has 0 aliphatic rings. The summed E-state index contributed by atoms with van der Waals surface area (Å²) in [7, 11) is 1.43. The molecule has 0 atom stereocenters. The molecule has 3 nitrogen and oxygen atoms in total.